The molecule has 1 spiro atoms. The first kappa shape index (κ1) is 17.2. The van der Waals surface area contributed by atoms with E-state index in [1.54, 1.807) is 6.07 Å². The summed E-state index contributed by atoms with van der Waals surface area (Å²) < 4.78 is 46.3. The Morgan fingerprint density at radius 3 is 2.46 bits per heavy atom. The third-order valence-corrected chi connectivity index (χ3v) is 5.27. The van der Waals surface area contributed by atoms with Crippen LogP contribution < -0.4 is 4.74 Å². The van der Waals surface area contributed by atoms with Gasteiger partial charge in [-0.05, 0) is 36.3 Å². The SMILES string of the molecule is Fc1ccc(CCN2CCC3(C=Cc4ccc(F)cc4O3)CC2)c(F)c1. The summed E-state index contributed by atoms with van der Waals surface area (Å²) in [5.41, 5.74) is 1.04. The summed E-state index contributed by atoms with van der Waals surface area (Å²) in [4.78, 5) is 2.26. The number of likely N-dealkylation sites (tertiary alicyclic amines) is 1. The van der Waals surface area contributed by atoms with Gasteiger partial charge in [0.25, 0.3) is 0 Å². The van der Waals surface area contributed by atoms with E-state index in [2.05, 4.69) is 11.0 Å². The molecule has 2 aromatic carbocycles. The molecule has 1 fully saturated rings. The highest BCUT2D eigenvalue weighted by molar-refractivity contribution is 5.61. The van der Waals surface area contributed by atoms with Gasteiger partial charge in [0.15, 0.2) is 0 Å². The van der Waals surface area contributed by atoms with Crippen LogP contribution >= 0.6 is 0 Å². The molecule has 5 heteroatoms. The van der Waals surface area contributed by atoms with Crippen molar-refractivity contribution in [2.24, 2.45) is 0 Å². The maximum atomic E-state index is 13.7. The van der Waals surface area contributed by atoms with E-state index >= 15 is 0 Å². The van der Waals surface area contributed by atoms with Crippen molar-refractivity contribution in [1.29, 1.82) is 0 Å². The molecule has 0 amide bonds. The van der Waals surface area contributed by atoms with Crippen LogP contribution in [0.2, 0.25) is 0 Å². The van der Waals surface area contributed by atoms with Crippen molar-refractivity contribution in [2.75, 3.05) is 19.6 Å². The normalized spacial score (nSPS) is 18.6. The van der Waals surface area contributed by atoms with E-state index in [9.17, 15) is 13.2 Å². The highest BCUT2D eigenvalue weighted by Gasteiger charge is 2.36. The van der Waals surface area contributed by atoms with E-state index in [4.69, 9.17) is 4.74 Å². The largest absolute Gasteiger partial charge is 0.482 e. The second-order valence-corrected chi connectivity index (χ2v) is 7.01. The maximum absolute atomic E-state index is 13.7. The average molecular weight is 359 g/mol. The molecule has 0 radical (unpaired) electrons. The molecule has 2 aromatic rings. The van der Waals surface area contributed by atoms with Crippen molar-refractivity contribution < 1.29 is 17.9 Å². The molecule has 2 aliphatic heterocycles. The quantitative estimate of drug-likeness (QED) is 0.795. The number of halogens is 3. The number of nitrogens with zero attached hydrogens (tertiary/aromatic N) is 1. The lowest BCUT2D eigenvalue weighted by Gasteiger charge is -2.42. The van der Waals surface area contributed by atoms with Crippen LogP contribution in [0.1, 0.15) is 24.0 Å². The molecule has 0 bridgehead atoms. The Kier molecular flexibility index (Phi) is 4.49. The molecule has 2 nitrogen and oxygen atoms in total. The Morgan fingerprint density at radius 1 is 0.962 bits per heavy atom. The fraction of sp³-hybridized carbons (Fsp3) is 0.333. The van der Waals surface area contributed by atoms with E-state index < -0.39 is 17.2 Å². The van der Waals surface area contributed by atoms with Gasteiger partial charge in [-0.3, -0.25) is 0 Å². The van der Waals surface area contributed by atoms with Crippen molar-refractivity contribution in [3.8, 4) is 5.75 Å². The molecule has 0 aliphatic carbocycles. The Labute approximate surface area is 150 Å². The zero-order valence-electron chi connectivity index (χ0n) is 14.4. The van der Waals surface area contributed by atoms with Crippen molar-refractivity contribution in [3.05, 3.63) is 71.1 Å². The lowest BCUT2D eigenvalue weighted by molar-refractivity contribution is 0.0389. The summed E-state index contributed by atoms with van der Waals surface area (Å²) in [6.45, 7) is 2.35. The van der Waals surface area contributed by atoms with E-state index in [-0.39, 0.29) is 5.82 Å². The molecule has 0 saturated carbocycles. The molecule has 1 saturated heterocycles. The molecule has 136 valence electrons. The molecule has 2 heterocycles. The second-order valence-electron chi connectivity index (χ2n) is 7.01. The third-order valence-electron chi connectivity index (χ3n) is 5.27. The molecule has 2 aliphatic rings. The second kappa shape index (κ2) is 6.80. The molecule has 4 rings (SSSR count). The third kappa shape index (κ3) is 3.49. The molecule has 0 atom stereocenters. The van der Waals surface area contributed by atoms with Crippen LogP contribution in [0.3, 0.4) is 0 Å². The maximum Gasteiger partial charge on any atom is 0.130 e. The minimum absolute atomic E-state index is 0.298. The minimum atomic E-state index is -0.552. The highest BCUT2D eigenvalue weighted by Crippen LogP contribution is 2.37. The summed E-state index contributed by atoms with van der Waals surface area (Å²) in [5.74, 6) is -0.748. The summed E-state index contributed by atoms with van der Waals surface area (Å²) in [6, 6.07) is 8.32. The van der Waals surface area contributed by atoms with Crippen LogP contribution in [0.25, 0.3) is 6.08 Å². The topological polar surface area (TPSA) is 12.5 Å². The predicted molar refractivity (Wildman–Crippen MR) is 94.5 cm³/mol. The first-order chi connectivity index (χ1) is 12.5. The lowest BCUT2D eigenvalue weighted by atomic mass is 9.88. The van der Waals surface area contributed by atoms with Gasteiger partial charge >= 0.3 is 0 Å². The van der Waals surface area contributed by atoms with E-state index in [0.29, 0.717) is 24.3 Å². The monoisotopic (exact) mass is 359 g/mol. The summed E-state index contributed by atoms with van der Waals surface area (Å²) >= 11 is 0. The van der Waals surface area contributed by atoms with E-state index in [0.717, 1.165) is 37.6 Å². The minimum Gasteiger partial charge on any atom is -0.482 e. The van der Waals surface area contributed by atoms with Crippen molar-refractivity contribution in [3.63, 3.8) is 0 Å². The van der Waals surface area contributed by atoms with Gasteiger partial charge in [0.05, 0.1) is 0 Å². The van der Waals surface area contributed by atoms with Gasteiger partial charge in [0, 0.05) is 50.2 Å². The number of hydrogen-bond acceptors (Lipinski definition) is 2. The van der Waals surface area contributed by atoms with Crippen molar-refractivity contribution in [1.82, 2.24) is 4.90 Å². The Morgan fingerprint density at radius 2 is 1.69 bits per heavy atom. The van der Waals surface area contributed by atoms with Gasteiger partial charge in [-0.25, -0.2) is 13.2 Å². The van der Waals surface area contributed by atoms with Crippen molar-refractivity contribution in [2.45, 2.75) is 24.9 Å². The first-order valence-corrected chi connectivity index (χ1v) is 8.87. The number of fused-ring (bicyclic) bond motifs is 1. The predicted octanol–water partition coefficient (Wildman–Crippen LogP) is 4.59. The molecule has 0 N–H and O–H groups in total. The zero-order chi connectivity index (χ0) is 18.1. The van der Waals surface area contributed by atoms with Crippen LogP contribution in [0.15, 0.2) is 42.5 Å². The van der Waals surface area contributed by atoms with Gasteiger partial charge in [-0.2, -0.15) is 0 Å². The lowest BCUT2D eigenvalue weighted by Crippen LogP contribution is -2.48. The van der Waals surface area contributed by atoms with Crippen LogP contribution in [-0.2, 0) is 6.42 Å². The number of ether oxygens (including phenoxy) is 1. The van der Waals surface area contributed by atoms with Crippen LogP contribution in [0.4, 0.5) is 13.2 Å². The summed E-state index contributed by atoms with van der Waals surface area (Å²) in [5, 5.41) is 0. The fourth-order valence-corrected chi connectivity index (χ4v) is 3.66. The standard InChI is InChI=1S/C21H20F3NO/c22-17-3-1-15(19(24)13-17)6-10-25-11-8-21(9-12-25)7-5-16-2-4-18(23)14-20(16)26-21/h1-5,7,13-14H,6,8-12H2. The molecule has 26 heavy (non-hydrogen) atoms. The van der Waals surface area contributed by atoms with Gasteiger partial charge in [-0.1, -0.05) is 12.1 Å². The smallest absolute Gasteiger partial charge is 0.130 e. The van der Waals surface area contributed by atoms with E-state index in [1.165, 1.54) is 24.3 Å². The highest BCUT2D eigenvalue weighted by atomic mass is 19.1. The number of benzene rings is 2. The fourth-order valence-electron chi connectivity index (χ4n) is 3.66. The summed E-state index contributed by atoms with van der Waals surface area (Å²) in [6.07, 6.45) is 6.21. The van der Waals surface area contributed by atoms with Crippen LogP contribution in [0, 0.1) is 17.5 Å². The molecular formula is C21H20F3NO. The van der Waals surface area contributed by atoms with E-state index in [1.807, 2.05) is 6.08 Å². The van der Waals surface area contributed by atoms with Gasteiger partial charge in [0.1, 0.15) is 28.8 Å². The average Bonchev–Trinajstić information content (AvgIpc) is 2.62. The Hall–Kier alpha value is -2.27. The summed E-state index contributed by atoms with van der Waals surface area (Å²) in [7, 11) is 0. The van der Waals surface area contributed by atoms with Gasteiger partial charge in [-0.15, -0.1) is 0 Å². The molecular weight excluding hydrogens is 339 g/mol. The van der Waals surface area contributed by atoms with Crippen LogP contribution in [0.5, 0.6) is 5.75 Å². The van der Waals surface area contributed by atoms with Gasteiger partial charge < -0.3 is 9.64 Å². The number of piperidine rings is 1. The molecule has 0 unspecified atom stereocenters. The van der Waals surface area contributed by atoms with Crippen LogP contribution in [-0.4, -0.2) is 30.1 Å². The first-order valence-electron chi connectivity index (χ1n) is 8.87. The Balaban J connectivity index is 1.36. The van der Waals surface area contributed by atoms with Gasteiger partial charge in [0.2, 0.25) is 0 Å². The Bertz CT molecular complexity index is 841. The number of hydrogen-bond donors (Lipinski definition) is 0. The molecule has 0 aromatic heterocycles. The van der Waals surface area contributed by atoms with Crippen molar-refractivity contribution >= 4 is 6.08 Å². The zero-order valence-corrected chi connectivity index (χ0v) is 14.4. The number of rotatable bonds is 3.